The number of halogens is 2. The summed E-state index contributed by atoms with van der Waals surface area (Å²) in [6.07, 6.45) is 6.55. The number of carbonyl (C=O) groups is 2. The van der Waals surface area contributed by atoms with E-state index >= 15 is 0 Å². The molecule has 39 heavy (non-hydrogen) atoms. The van der Waals surface area contributed by atoms with Crippen LogP contribution in [0.4, 0.5) is 5.69 Å². The van der Waals surface area contributed by atoms with Crippen molar-refractivity contribution in [3.8, 4) is 5.75 Å². The van der Waals surface area contributed by atoms with Gasteiger partial charge in [0.05, 0.1) is 19.1 Å². The molecular formula is C28H37Cl2N3O5S. The highest BCUT2D eigenvalue weighted by molar-refractivity contribution is 7.92. The van der Waals surface area contributed by atoms with Gasteiger partial charge in [-0.3, -0.25) is 13.9 Å². The Bertz CT molecular complexity index is 1230. The summed E-state index contributed by atoms with van der Waals surface area (Å²) in [7, 11) is -2.11. The Kier molecular flexibility index (Phi) is 11.3. The summed E-state index contributed by atoms with van der Waals surface area (Å²) < 4.78 is 31.6. The van der Waals surface area contributed by atoms with Gasteiger partial charge in [0.25, 0.3) is 0 Å². The first-order chi connectivity index (χ1) is 18.5. The third-order valence-corrected chi connectivity index (χ3v) is 8.90. The third-order valence-electron chi connectivity index (χ3n) is 7.00. The highest BCUT2D eigenvalue weighted by Gasteiger charge is 2.29. The number of anilines is 1. The molecule has 0 bridgehead atoms. The maximum atomic E-state index is 13.5. The van der Waals surface area contributed by atoms with Gasteiger partial charge in [-0.2, -0.15) is 0 Å². The highest BCUT2D eigenvalue weighted by atomic mass is 35.5. The molecule has 1 unspecified atom stereocenters. The van der Waals surface area contributed by atoms with E-state index in [9.17, 15) is 18.0 Å². The molecule has 2 aromatic rings. The Morgan fingerprint density at radius 2 is 1.72 bits per heavy atom. The Morgan fingerprint density at radius 1 is 1.08 bits per heavy atom. The quantitative estimate of drug-likeness (QED) is 0.352. The lowest BCUT2D eigenvalue weighted by Crippen LogP contribution is -2.50. The molecule has 0 heterocycles. The summed E-state index contributed by atoms with van der Waals surface area (Å²) >= 11 is 12.8. The van der Waals surface area contributed by atoms with E-state index in [1.165, 1.54) is 16.3 Å². The maximum absolute atomic E-state index is 13.5. The number of hydrogen-bond donors (Lipinski definition) is 1. The predicted octanol–water partition coefficient (Wildman–Crippen LogP) is 5.41. The summed E-state index contributed by atoms with van der Waals surface area (Å²) in [6, 6.07) is 11.2. The van der Waals surface area contributed by atoms with Crippen LogP contribution in [0.5, 0.6) is 5.75 Å². The number of methoxy groups -OCH3 is 1. The maximum Gasteiger partial charge on any atom is 0.242 e. The molecule has 3 rings (SSSR count). The smallest absolute Gasteiger partial charge is 0.242 e. The zero-order valence-corrected chi connectivity index (χ0v) is 25.0. The molecule has 11 heteroatoms. The van der Waals surface area contributed by atoms with Crippen LogP contribution in [0.1, 0.15) is 57.4 Å². The first-order valence-corrected chi connectivity index (χ1v) is 15.8. The van der Waals surface area contributed by atoms with Crippen LogP contribution in [0.2, 0.25) is 10.0 Å². The zero-order chi connectivity index (χ0) is 28.6. The molecule has 1 atom stereocenters. The Morgan fingerprint density at radius 3 is 2.33 bits per heavy atom. The van der Waals surface area contributed by atoms with Crippen molar-refractivity contribution in [2.75, 3.05) is 24.2 Å². The molecule has 1 fully saturated rings. The molecule has 0 spiro atoms. The van der Waals surface area contributed by atoms with Gasteiger partial charge in [-0.05, 0) is 50.5 Å². The molecular weight excluding hydrogens is 561 g/mol. The van der Waals surface area contributed by atoms with E-state index in [-0.39, 0.29) is 43.8 Å². The first-order valence-electron chi connectivity index (χ1n) is 13.2. The van der Waals surface area contributed by atoms with Crippen LogP contribution in [0.15, 0.2) is 42.5 Å². The monoisotopic (exact) mass is 597 g/mol. The predicted molar refractivity (Wildman–Crippen MR) is 156 cm³/mol. The van der Waals surface area contributed by atoms with Gasteiger partial charge in [-0.1, -0.05) is 54.6 Å². The number of hydrogen-bond acceptors (Lipinski definition) is 5. The van der Waals surface area contributed by atoms with Gasteiger partial charge in [0.1, 0.15) is 11.8 Å². The molecule has 8 nitrogen and oxygen atoms in total. The van der Waals surface area contributed by atoms with E-state index in [2.05, 4.69) is 5.32 Å². The molecule has 0 radical (unpaired) electrons. The van der Waals surface area contributed by atoms with E-state index in [0.29, 0.717) is 27.0 Å². The number of carbonyl (C=O) groups excluding carboxylic acids is 2. The number of rotatable bonds is 12. The Labute approximate surface area is 241 Å². The average Bonchev–Trinajstić information content (AvgIpc) is 2.90. The van der Waals surface area contributed by atoms with Crippen LogP contribution in [0.3, 0.4) is 0 Å². The number of benzene rings is 2. The molecule has 2 aromatic carbocycles. The minimum absolute atomic E-state index is 0.0269. The van der Waals surface area contributed by atoms with E-state index in [4.69, 9.17) is 27.9 Å². The zero-order valence-electron chi connectivity index (χ0n) is 22.7. The SMILES string of the molecule is COc1cccc(N(CCCC(=O)N(Cc2c(Cl)cccc2Cl)C(C)C(=O)NC2CCCCC2)S(C)(=O)=O)c1. The molecule has 0 aliphatic heterocycles. The van der Waals surface area contributed by atoms with Crippen molar-refractivity contribution in [1.82, 2.24) is 10.2 Å². The van der Waals surface area contributed by atoms with Crippen LogP contribution in [0, 0.1) is 0 Å². The molecule has 1 N–H and O–H groups in total. The Hall–Kier alpha value is -2.49. The van der Waals surface area contributed by atoms with Crippen LogP contribution in [0.25, 0.3) is 0 Å². The summed E-state index contributed by atoms with van der Waals surface area (Å²) in [5, 5.41) is 3.91. The molecule has 2 amide bonds. The fourth-order valence-corrected chi connectivity index (χ4v) is 6.25. The minimum Gasteiger partial charge on any atom is -0.497 e. The summed E-state index contributed by atoms with van der Waals surface area (Å²) in [4.78, 5) is 28.2. The van der Waals surface area contributed by atoms with Crippen molar-refractivity contribution in [1.29, 1.82) is 0 Å². The van der Waals surface area contributed by atoms with E-state index < -0.39 is 16.1 Å². The van der Waals surface area contributed by atoms with Crippen molar-refractivity contribution in [2.45, 2.75) is 70.5 Å². The highest BCUT2D eigenvalue weighted by Crippen LogP contribution is 2.28. The second-order valence-corrected chi connectivity index (χ2v) is 12.6. The van der Waals surface area contributed by atoms with Gasteiger partial charge in [-0.15, -0.1) is 0 Å². The van der Waals surface area contributed by atoms with Crippen LogP contribution in [-0.4, -0.2) is 57.1 Å². The van der Waals surface area contributed by atoms with Gasteiger partial charge in [0.15, 0.2) is 0 Å². The lowest BCUT2D eigenvalue weighted by molar-refractivity contribution is -0.141. The summed E-state index contributed by atoms with van der Waals surface area (Å²) in [6.45, 7) is 1.84. The minimum atomic E-state index is -3.61. The van der Waals surface area contributed by atoms with Crippen molar-refractivity contribution in [2.24, 2.45) is 0 Å². The van der Waals surface area contributed by atoms with Crippen molar-refractivity contribution in [3.63, 3.8) is 0 Å². The fraction of sp³-hybridized carbons (Fsp3) is 0.500. The fourth-order valence-electron chi connectivity index (χ4n) is 4.77. The summed E-state index contributed by atoms with van der Waals surface area (Å²) in [5.74, 6) is 0.00164. The summed E-state index contributed by atoms with van der Waals surface area (Å²) in [5.41, 5.74) is 1.00. The number of ether oxygens (including phenoxy) is 1. The molecule has 1 aliphatic rings. The van der Waals surface area contributed by atoms with Crippen molar-refractivity contribution < 1.29 is 22.7 Å². The van der Waals surface area contributed by atoms with E-state index in [1.54, 1.807) is 49.4 Å². The normalized spacial score (nSPS) is 14.9. The molecule has 1 aliphatic carbocycles. The van der Waals surface area contributed by atoms with E-state index in [0.717, 1.165) is 38.4 Å². The van der Waals surface area contributed by atoms with E-state index in [1.807, 2.05) is 0 Å². The lowest BCUT2D eigenvalue weighted by atomic mass is 9.95. The molecule has 1 saturated carbocycles. The van der Waals surface area contributed by atoms with Gasteiger partial charge in [0.2, 0.25) is 21.8 Å². The largest absolute Gasteiger partial charge is 0.497 e. The molecule has 214 valence electrons. The molecule has 0 saturated heterocycles. The number of nitrogens with one attached hydrogen (secondary N) is 1. The topological polar surface area (TPSA) is 96.0 Å². The van der Waals surface area contributed by atoms with Gasteiger partial charge in [-0.25, -0.2) is 8.42 Å². The molecule has 0 aromatic heterocycles. The van der Waals surface area contributed by atoms with Crippen LogP contribution >= 0.6 is 23.2 Å². The number of sulfonamides is 1. The van der Waals surface area contributed by atoms with Gasteiger partial charge >= 0.3 is 0 Å². The number of amides is 2. The second-order valence-electron chi connectivity index (χ2n) is 9.88. The third kappa shape index (κ3) is 8.75. The van der Waals surface area contributed by atoms with Crippen LogP contribution in [-0.2, 0) is 26.2 Å². The Balaban J connectivity index is 1.76. The van der Waals surface area contributed by atoms with Gasteiger partial charge in [0, 0.05) is 47.2 Å². The first kappa shape index (κ1) is 31.0. The standard InChI is InChI=1S/C28H37Cl2N3O5S/c1-20(28(35)31-21-10-5-4-6-11-21)32(19-24-25(29)14-8-15-26(24)30)27(34)16-9-17-33(39(3,36)37)22-12-7-13-23(18-22)38-2/h7-8,12-15,18,20-21H,4-6,9-11,16-17,19H2,1-3H3,(H,31,35). The second kappa shape index (κ2) is 14.2. The van der Waals surface area contributed by atoms with Crippen LogP contribution < -0.4 is 14.4 Å². The number of nitrogens with zero attached hydrogens (tertiary/aromatic N) is 2. The van der Waals surface area contributed by atoms with Gasteiger partial charge < -0.3 is 15.0 Å². The lowest BCUT2D eigenvalue weighted by Gasteiger charge is -2.32. The van der Waals surface area contributed by atoms with Crippen molar-refractivity contribution >= 4 is 50.7 Å². The van der Waals surface area contributed by atoms with Crippen molar-refractivity contribution in [3.05, 3.63) is 58.1 Å². The average molecular weight is 599 g/mol.